The fourth-order valence-electron chi connectivity index (χ4n) is 1.28. The van der Waals surface area contributed by atoms with Gasteiger partial charge in [0.1, 0.15) is 0 Å². The molecule has 1 unspecified atom stereocenters. The molecule has 0 saturated heterocycles. The van der Waals surface area contributed by atoms with Crippen LogP contribution < -0.4 is 5.32 Å². The molecule has 15 heavy (non-hydrogen) atoms. The molecule has 0 aliphatic carbocycles. The Labute approximate surface area is 113 Å². The molecule has 0 aliphatic rings. The lowest BCUT2D eigenvalue weighted by Crippen LogP contribution is -2.21. The third kappa shape index (κ3) is 3.78. The van der Waals surface area contributed by atoms with E-state index >= 15 is 0 Å². The van der Waals surface area contributed by atoms with Crippen LogP contribution in [-0.2, 0) is 0 Å². The Morgan fingerprint density at radius 3 is 2.93 bits per heavy atom. The maximum absolute atomic E-state index is 5.53. The molecule has 3 heteroatoms. The molecular weight excluding hydrogens is 365 g/mol. The Bertz CT molecular complexity index is 370. The van der Waals surface area contributed by atoms with Gasteiger partial charge in [0.25, 0.3) is 0 Å². The third-order valence-corrected chi connectivity index (χ3v) is 3.51. The van der Waals surface area contributed by atoms with Gasteiger partial charge in [0.2, 0.25) is 0 Å². The minimum Gasteiger partial charge on any atom is -0.300 e. The molecule has 1 aromatic carbocycles. The van der Waals surface area contributed by atoms with Crippen LogP contribution in [0, 0.1) is 15.9 Å². The van der Waals surface area contributed by atoms with Crippen molar-refractivity contribution in [2.75, 3.05) is 6.54 Å². The second-order valence-corrected chi connectivity index (χ2v) is 5.30. The number of rotatable bonds is 4. The highest BCUT2D eigenvalue weighted by molar-refractivity contribution is 14.1. The molecule has 0 spiro atoms. The smallest absolute Gasteiger partial charge is 0.0953 e. The van der Waals surface area contributed by atoms with Crippen LogP contribution in [0.5, 0.6) is 0 Å². The van der Waals surface area contributed by atoms with Gasteiger partial charge >= 0.3 is 0 Å². The summed E-state index contributed by atoms with van der Waals surface area (Å²) in [6.07, 6.45) is 6.62. The zero-order valence-electron chi connectivity index (χ0n) is 8.56. The number of nitrogens with one attached hydrogen (secondary N) is 1. The van der Waals surface area contributed by atoms with E-state index in [1.807, 2.05) is 6.07 Å². The van der Waals surface area contributed by atoms with Crippen molar-refractivity contribution in [3.63, 3.8) is 0 Å². The first-order valence-electron chi connectivity index (χ1n) is 4.83. The molecule has 0 amide bonds. The van der Waals surface area contributed by atoms with Crippen LogP contribution in [0.1, 0.15) is 24.9 Å². The van der Waals surface area contributed by atoms with Crippen molar-refractivity contribution in [1.29, 1.82) is 0 Å². The summed E-state index contributed by atoms with van der Waals surface area (Å²) in [4.78, 5) is 0. The van der Waals surface area contributed by atoms with Crippen molar-refractivity contribution in [3.8, 4) is 12.3 Å². The van der Waals surface area contributed by atoms with E-state index < -0.39 is 0 Å². The van der Waals surface area contributed by atoms with Gasteiger partial charge in [-0.05, 0) is 59.3 Å². The van der Waals surface area contributed by atoms with Crippen LogP contribution in [0.2, 0.25) is 0 Å². The van der Waals surface area contributed by atoms with Gasteiger partial charge < -0.3 is 0 Å². The Morgan fingerprint density at radius 2 is 2.33 bits per heavy atom. The zero-order chi connectivity index (χ0) is 11.3. The fourth-order valence-corrected chi connectivity index (χ4v) is 2.31. The summed E-state index contributed by atoms with van der Waals surface area (Å²) in [5, 5.41) is 3.34. The predicted molar refractivity (Wildman–Crippen MR) is 76.7 cm³/mol. The van der Waals surface area contributed by atoms with E-state index in [0.717, 1.165) is 17.4 Å². The molecule has 1 rings (SSSR count). The molecule has 0 aliphatic heterocycles. The van der Waals surface area contributed by atoms with Gasteiger partial charge in [-0.3, -0.25) is 5.32 Å². The maximum Gasteiger partial charge on any atom is 0.0953 e. The summed E-state index contributed by atoms with van der Waals surface area (Å²) >= 11 is 5.77. The van der Waals surface area contributed by atoms with E-state index in [2.05, 4.69) is 68.8 Å². The second-order valence-electron chi connectivity index (χ2n) is 3.22. The largest absolute Gasteiger partial charge is 0.300 e. The van der Waals surface area contributed by atoms with Gasteiger partial charge in [0.05, 0.1) is 6.04 Å². The van der Waals surface area contributed by atoms with Crippen molar-refractivity contribution in [3.05, 3.63) is 31.8 Å². The van der Waals surface area contributed by atoms with Crippen LogP contribution in [0.15, 0.2) is 22.7 Å². The summed E-state index contributed by atoms with van der Waals surface area (Å²) in [6, 6.07) is 6.18. The molecule has 1 N–H and O–H groups in total. The van der Waals surface area contributed by atoms with Gasteiger partial charge in [-0.1, -0.05) is 28.8 Å². The molecule has 0 fully saturated rings. The minimum atomic E-state index is 0.00866. The molecule has 0 bridgehead atoms. The number of terminal acetylenes is 1. The van der Waals surface area contributed by atoms with Gasteiger partial charge in [-0.2, -0.15) is 0 Å². The van der Waals surface area contributed by atoms with Crippen LogP contribution in [0.3, 0.4) is 0 Å². The predicted octanol–water partition coefficient (Wildman–Crippen LogP) is 3.73. The second kappa shape index (κ2) is 6.51. The van der Waals surface area contributed by atoms with Crippen molar-refractivity contribution in [2.24, 2.45) is 0 Å². The minimum absolute atomic E-state index is 0.00866. The van der Waals surface area contributed by atoms with Crippen LogP contribution >= 0.6 is 38.5 Å². The molecule has 0 saturated carbocycles. The van der Waals surface area contributed by atoms with Crippen molar-refractivity contribution in [2.45, 2.75) is 19.4 Å². The highest BCUT2D eigenvalue weighted by Crippen LogP contribution is 2.23. The fraction of sp³-hybridized carbons (Fsp3) is 0.333. The summed E-state index contributed by atoms with van der Waals surface area (Å²) in [7, 11) is 0. The zero-order valence-corrected chi connectivity index (χ0v) is 12.3. The van der Waals surface area contributed by atoms with E-state index in [1.165, 1.54) is 9.13 Å². The van der Waals surface area contributed by atoms with Crippen molar-refractivity contribution in [1.82, 2.24) is 5.32 Å². The Balaban J connectivity index is 2.91. The van der Waals surface area contributed by atoms with E-state index in [4.69, 9.17) is 6.42 Å². The summed E-state index contributed by atoms with van der Waals surface area (Å²) < 4.78 is 2.26. The maximum atomic E-state index is 5.53. The number of hydrogen-bond acceptors (Lipinski definition) is 1. The van der Waals surface area contributed by atoms with Crippen molar-refractivity contribution < 1.29 is 0 Å². The summed E-state index contributed by atoms with van der Waals surface area (Å²) in [5.41, 5.74) is 1.17. The van der Waals surface area contributed by atoms with E-state index in [0.29, 0.717) is 0 Å². The molecule has 0 heterocycles. The summed E-state index contributed by atoms with van der Waals surface area (Å²) in [6.45, 7) is 3.07. The first-order valence-corrected chi connectivity index (χ1v) is 6.70. The lowest BCUT2D eigenvalue weighted by Gasteiger charge is -2.14. The Kier molecular flexibility index (Phi) is 5.65. The van der Waals surface area contributed by atoms with Gasteiger partial charge in [0.15, 0.2) is 0 Å². The van der Waals surface area contributed by atoms with Gasteiger partial charge in [-0.25, -0.2) is 0 Å². The van der Waals surface area contributed by atoms with E-state index in [1.54, 1.807) is 0 Å². The molecule has 1 nitrogen and oxygen atoms in total. The first-order chi connectivity index (χ1) is 7.19. The highest BCUT2D eigenvalue weighted by Gasteiger charge is 2.10. The number of halogens is 2. The monoisotopic (exact) mass is 377 g/mol. The normalized spacial score (nSPS) is 12.1. The number of hydrogen-bond donors (Lipinski definition) is 1. The third-order valence-electron chi connectivity index (χ3n) is 2.03. The van der Waals surface area contributed by atoms with Gasteiger partial charge in [0, 0.05) is 8.04 Å². The molecule has 0 radical (unpaired) electrons. The van der Waals surface area contributed by atoms with Crippen LogP contribution in [0.4, 0.5) is 0 Å². The highest BCUT2D eigenvalue weighted by atomic mass is 127. The average molecular weight is 378 g/mol. The molecule has 80 valence electrons. The Morgan fingerprint density at radius 1 is 1.60 bits per heavy atom. The summed E-state index contributed by atoms with van der Waals surface area (Å²) in [5.74, 6) is 2.78. The number of benzene rings is 1. The SMILES string of the molecule is C#CC(NCCC)c1cc(Br)ccc1I. The molecule has 1 aromatic rings. The average Bonchev–Trinajstić information content (AvgIpc) is 2.24. The van der Waals surface area contributed by atoms with Gasteiger partial charge in [-0.15, -0.1) is 6.42 Å². The van der Waals surface area contributed by atoms with E-state index in [9.17, 15) is 0 Å². The molecule has 0 aromatic heterocycles. The Hall–Kier alpha value is -0.0500. The van der Waals surface area contributed by atoms with Crippen LogP contribution in [-0.4, -0.2) is 6.54 Å². The van der Waals surface area contributed by atoms with E-state index in [-0.39, 0.29) is 6.04 Å². The standard InChI is InChI=1S/C12H13BrIN/c1-3-7-15-12(4-2)10-8-9(13)5-6-11(10)14/h2,5-6,8,12,15H,3,7H2,1H3. The molecule has 1 atom stereocenters. The topological polar surface area (TPSA) is 12.0 Å². The lowest BCUT2D eigenvalue weighted by molar-refractivity contribution is 0.624. The first kappa shape index (κ1) is 13.0. The lowest BCUT2D eigenvalue weighted by atomic mass is 10.1. The molecular formula is C12H13BrIN. The quantitative estimate of drug-likeness (QED) is 0.622. The van der Waals surface area contributed by atoms with Crippen LogP contribution in [0.25, 0.3) is 0 Å². The van der Waals surface area contributed by atoms with Crippen molar-refractivity contribution >= 4 is 38.5 Å².